The molecule has 0 aromatic carbocycles. The van der Waals surface area contributed by atoms with Crippen molar-refractivity contribution in [2.75, 3.05) is 11.9 Å². The summed E-state index contributed by atoms with van der Waals surface area (Å²) in [6.07, 6.45) is 2.62. The van der Waals surface area contributed by atoms with Gasteiger partial charge in [0.1, 0.15) is 5.69 Å². The smallest absolute Gasteiger partial charge is 0.320 e. The highest BCUT2D eigenvalue weighted by Gasteiger charge is 2.22. The fourth-order valence-corrected chi connectivity index (χ4v) is 4.06. The average Bonchev–Trinajstić information content (AvgIpc) is 3.24. The van der Waals surface area contributed by atoms with Gasteiger partial charge in [-0.25, -0.2) is 4.79 Å². The van der Waals surface area contributed by atoms with Crippen LogP contribution in [0.1, 0.15) is 10.4 Å². The first-order valence-corrected chi connectivity index (χ1v) is 8.85. The molecule has 0 bridgehead atoms. The van der Waals surface area contributed by atoms with Gasteiger partial charge >= 0.3 is 6.03 Å². The maximum absolute atomic E-state index is 12.4. The van der Waals surface area contributed by atoms with Gasteiger partial charge in [-0.2, -0.15) is 0 Å². The molecule has 0 saturated heterocycles. The Balaban J connectivity index is 1.45. The average molecular weight is 343 g/mol. The molecular weight excluding hydrogens is 330 g/mol. The third-order valence-corrected chi connectivity index (χ3v) is 5.50. The zero-order chi connectivity index (χ0) is 15.6. The molecule has 2 amide bonds. The molecule has 0 fully saturated rings. The number of nitrogens with zero attached hydrogens (tertiary/aromatic N) is 4. The van der Waals surface area contributed by atoms with Gasteiger partial charge in [-0.3, -0.25) is 10.3 Å². The van der Waals surface area contributed by atoms with Crippen molar-refractivity contribution < 1.29 is 4.79 Å². The first kappa shape index (κ1) is 14.3. The van der Waals surface area contributed by atoms with Crippen molar-refractivity contribution >= 4 is 33.8 Å². The van der Waals surface area contributed by atoms with Crippen molar-refractivity contribution in [2.45, 2.75) is 13.0 Å². The van der Waals surface area contributed by atoms with Crippen molar-refractivity contribution in [3.05, 3.63) is 46.3 Å². The highest BCUT2D eigenvalue weighted by atomic mass is 32.1. The molecule has 1 aliphatic heterocycles. The fraction of sp³-hybridized carbons (Fsp3) is 0.200. The van der Waals surface area contributed by atoms with Crippen LogP contribution in [0.15, 0.2) is 35.8 Å². The lowest BCUT2D eigenvalue weighted by atomic mass is 10.1. The van der Waals surface area contributed by atoms with Gasteiger partial charge in [-0.15, -0.1) is 21.5 Å². The molecule has 1 N–H and O–H groups in total. The maximum atomic E-state index is 12.4. The lowest BCUT2D eigenvalue weighted by molar-refractivity contribution is 0.207. The molecule has 0 saturated carbocycles. The van der Waals surface area contributed by atoms with E-state index in [2.05, 4.69) is 31.9 Å². The number of aromatic nitrogens is 3. The largest absolute Gasteiger partial charge is 0.324 e. The van der Waals surface area contributed by atoms with Gasteiger partial charge in [0.05, 0.1) is 0 Å². The molecule has 23 heavy (non-hydrogen) atoms. The summed E-state index contributed by atoms with van der Waals surface area (Å²) in [7, 11) is 0. The zero-order valence-corrected chi connectivity index (χ0v) is 13.7. The van der Waals surface area contributed by atoms with Crippen LogP contribution in [-0.2, 0) is 13.0 Å². The summed E-state index contributed by atoms with van der Waals surface area (Å²) in [6.45, 7) is 1.38. The van der Waals surface area contributed by atoms with Crippen LogP contribution in [0, 0.1) is 0 Å². The van der Waals surface area contributed by atoms with E-state index >= 15 is 0 Å². The molecule has 1 aliphatic rings. The van der Waals surface area contributed by atoms with E-state index in [0.29, 0.717) is 16.7 Å². The lowest BCUT2D eigenvalue weighted by Crippen LogP contribution is -2.38. The van der Waals surface area contributed by atoms with E-state index in [0.717, 1.165) is 18.7 Å². The van der Waals surface area contributed by atoms with E-state index in [4.69, 9.17) is 0 Å². The maximum Gasteiger partial charge on any atom is 0.324 e. The predicted octanol–water partition coefficient (Wildman–Crippen LogP) is 3.25. The number of fused-ring (bicyclic) bond motifs is 1. The van der Waals surface area contributed by atoms with Crippen LogP contribution in [0.4, 0.5) is 9.93 Å². The quantitative estimate of drug-likeness (QED) is 0.775. The van der Waals surface area contributed by atoms with Crippen LogP contribution in [0.2, 0.25) is 0 Å². The Bertz CT molecular complexity index is 829. The fourth-order valence-electron chi connectivity index (χ4n) is 2.46. The number of carbonyl (C=O) groups is 1. The third kappa shape index (κ3) is 2.95. The first-order valence-electron chi connectivity index (χ1n) is 7.16. The molecule has 3 aromatic heterocycles. The summed E-state index contributed by atoms with van der Waals surface area (Å²) in [4.78, 5) is 19.8. The van der Waals surface area contributed by atoms with E-state index in [1.165, 1.54) is 21.8 Å². The highest BCUT2D eigenvalue weighted by Crippen LogP contribution is 2.26. The monoisotopic (exact) mass is 343 g/mol. The molecule has 0 aliphatic carbocycles. The summed E-state index contributed by atoms with van der Waals surface area (Å²) >= 11 is 3.08. The van der Waals surface area contributed by atoms with Gasteiger partial charge in [0.15, 0.2) is 5.01 Å². The number of pyridine rings is 1. The van der Waals surface area contributed by atoms with Gasteiger partial charge in [-0.05, 0) is 35.6 Å². The Labute approximate surface area is 140 Å². The number of rotatable bonds is 2. The summed E-state index contributed by atoms with van der Waals surface area (Å²) in [5.41, 5.74) is 1.99. The van der Waals surface area contributed by atoms with E-state index in [-0.39, 0.29) is 6.03 Å². The summed E-state index contributed by atoms with van der Waals surface area (Å²) in [5.74, 6) is 0. The van der Waals surface area contributed by atoms with Gasteiger partial charge < -0.3 is 4.90 Å². The molecule has 3 aromatic rings. The minimum atomic E-state index is -0.134. The van der Waals surface area contributed by atoms with Crippen LogP contribution in [0.5, 0.6) is 0 Å². The van der Waals surface area contributed by atoms with Gasteiger partial charge in [-0.1, -0.05) is 17.4 Å². The SMILES string of the molecule is O=C(Nc1nnc(-c2ccccn2)s1)N1CCc2sccc2C1. The molecule has 0 atom stereocenters. The van der Waals surface area contributed by atoms with E-state index in [1.807, 2.05) is 18.2 Å². The second-order valence-electron chi connectivity index (χ2n) is 5.10. The summed E-state index contributed by atoms with van der Waals surface area (Å²) in [5, 5.41) is 14.2. The molecule has 116 valence electrons. The van der Waals surface area contributed by atoms with E-state index < -0.39 is 0 Å². The standard InChI is InChI=1S/C15H13N5OS2/c21-15(20-7-4-12-10(9-20)5-8-22-12)17-14-19-18-13(23-14)11-3-1-2-6-16-11/h1-3,5-6,8H,4,7,9H2,(H,17,19,21). The highest BCUT2D eigenvalue weighted by molar-refractivity contribution is 7.18. The van der Waals surface area contributed by atoms with Gasteiger partial charge in [0, 0.05) is 24.2 Å². The molecular formula is C15H13N5OS2. The summed E-state index contributed by atoms with van der Waals surface area (Å²) in [6, 6.07) is 7.57. The Kier molecular flexibility index (Phi) is 3.76. The lowest BCUT2D eigenvalue weighted by Gasteiger charge is -2.26. The number of amides is 2. The number of carbonyl (C=O) groups excluding carboxylic acids is 1. The van der Waals surface area contributed by atoms with Crippen molar-refractivity contribution in [3.8, 4) is 10.7 Å². The topological polar surface area (TPSA) is 71.0 Å². The molecule has 0 unspecified atom stereocenters. The van der Waals surface area contributed by atoms with Gasteiger partial charge in [0.25, 0.3) is 0 Å². The molecule has 6 nitrogen and oxygen atoms in total. The number of hydrogen-bond donors (Lipinski definition) is 1. The molecule has 0 radical (unpaired) electrons. The normalized spacial score (nSPS) is 13.7. The minimum absolute atomic E-state index is 0.134. The number of thiophene rings is 1. The Morgan fingerprint density at radius 1 is 1.26 bits per heavy atom. The number of urea groups is 1. The van der Waals surface area contributed by atoms with Crippen LogP contribution in [-0.4, -0.2) is 32.7 Å². The summed E-state index contributed by atoms with van der Waals surface area (Å²) < 4.78 is 0. The van der Waals surface area contributed by atoms with Crippen LogP contribution >= 0.6 is 22.7 Å². The number of nitrogens with one attached hydrogen (secondary N) is 1. The Morgan fingerprint density at radius 2 is 2.22 bits per heavy atom. The van der Waals surface area contributed by atoms with Crippen LogP contribution < -0.4 is 5.32 Å². The second kappa shape index (κ2) is 6.05. The Morgan fingerprint density at radius 3 is 3.09 bits per heavy atom. The first-order chi connectivity index (χ1) is 11.3. The molecule has 8 heteroatoms. The number of hydrogen-bond acceptors (Lipinski definition) is 6. The van der Waals surface area contributed by atoms with Crippen molar-refractivity contribution in [3.63, 3.8) is 0 Å². The van der Waals surface area contributed by atoms with E-state index in [9.17, 15) is 4.79 Å². The van der Waals surface area contributed by atoms with Gasteiger partial charge in [0.2, 0.25) is 5.13 Å². The number of anilines is 1. The second-order valence-corrected chi connectivity index (χ2v) is 7.08. The third-order valence-electron chi connectivity index (χ3n) is 3.62. The van der Waals surface area contributed by atoms with Crippen molar-refractivity contribution in [1.82, 2.24) is 20.1 Å². The predicted molar refractivity (Wildman–Crippen MR) is 90.6 cm³/mol. The van der Waals surface area contributed by atoms with Crippen LogP contribution in [0.3, 0.4) is 0 Å². The molecule has 4 heterocycles. The van der Waals surface area contributed by atoms with Crippen LogP contribution in [0.25, 0.3) is 10.7 Å². The Hall–Kier alpha value is -2.32. The molecule has 0 spiro atoms. The minimum Gasteiger partial charge on any atom is -0.320 e. The van der Waals surface area contributed by atoms with Crippen molar-refractivity contribution in [2.24, 2.45) is 0 Å². The zero-order valence-electron chi connectivity index (χ0n) is 12.1. The van der Waals surface area contributed by atoms with Crippen molar-refractivity contribution in [1.29, 1.82) is 0 Å². The molecule has 4 rings (SSSR count). The van der Waals surface area contributed by atoms with E-state index in [1.54, 1.807) is 22.4 Å².